The van der Waals surface area contributed by atoms with E-state index in [0.29, 0.717) is 38.9 Å². The summed E-state index contributed by atoms with van der Waals surface area (Å²) in [5.74, 6) is -0.0809. The van der Waals surface area contributed by atoms with Gasteiger partial charge < -0.3 is 10.6 Å². The van der Waals surface area contributed by atoms with Crippen LogP contribution >= 0.6 is 12.4 Å². The zero-order valence-corrected chi connectivity index (χ0v) is 17.8. The van der Waals surface area contributed by atoms with Gasteiger partial charge in [0.25, 0.3) is 0 Å². The molecule has 0 radical (unpaired) electrons. The first-order valence-electron chi connectivity index (χ1n) is 9.60. The van der Waals surface area contributed by atoms with Crippen LogP contribution in [-0.2, 0) is 27.7 Å². The normalized spacial score (nSPS) is 19.1. The van der Waals surface area contributed by atoms with Gasteiger partial charge in [0.1, 0.15) is 5.54 Å². The zero-order valence-electron chi connectivity index (χ0n) is 16.2. The second-order valence-corrected chi connectivity index (χ2v) is 9.58. The molecule has 1 amide bonds. The van der Waals surface area contributed by atoms with Gasteiger partial charge >= 0.3 is 0 Å². The number of carbonyl (C=O) groups excluding carboxylic acids is 1. The predicted octanol–water partition coefficient (Wildman–Crippen LogP) is 1.83. The number of sulfonamides is 1. The third-order valence-electron chi connectivity index (χ3n) is 5.68. The summed E-state index contributed by atoms with van der Waals surface area (Å²) < 4.78 is 27.2. The fourth-order valence-corrected chi connectivity index (χ4v) is 5.68. The van der Waals surface area contributed by atoms with Crippen molar-refractivity contribution >= 4 is 28.3 Å². The topological polar surface area (TPSA) is 83.7 Å². The summed E-state index contributed by atoms with van der Waals surface area (Å²) in [6.45, 7) is 1.57. The lowest BCUT2D eigenvalue weighted by atomic mass is 9.95. The molecule has 0 unspecified atom stereocenters. The van der Waals surface area contributed by atoms with Crippen LogP contribution in [0.4, 0.5) is 0 Å². The van der Waals surface area contributed by atoms with Crippen molar-refractivity contribution in [1.82, 2.24) is 9.21 Å². The van der Waals surface area contributed by atoms with E-state index in [1.165, 1.54) is 4.31 Å². The number of amides is 1. The number of rotatable bonds is 3. The molecule has 1 aliphatic heterocycles. The first-order valence-corrected chi connectivity index (χ1v) is 11.0. The molecule has 8 heteroatoms. The van der Waals surface area contributed by atoms with Crippen LogP contribution in [0.15, 0.2) is 59.5 Å². The van der Waals surface area contributed by atoms with E-state index in [1.807, 2.05) is 24.3 Å². The summed E-state index contributed by atoms with van der Waals surface area (Å²) in [4.78, 5) is 15.2. The van der Waals surface area contributed by atoms with Crippen molar-refractivity contribution in [1.29, 1.82) is 0 Å². The maximum Gasteiger partial charge on any atom is 0.243 e. The average molecular weight is 436 g/mol. The van der Waals surface area contributed by atoms with Gasteiger partial charge in [0.15, 0.2) is 0 Å². The van der Waals surface area contributed by atoms with Crippen LogP contribution in [0.2, 0.25) is 0 Å². The summed E-state index contributed by atoms with van der Waals surface area (Å²) in [6.07, 6.45) is 1.66. The molecule has 1 heterocycles. The molecular weight excluding hydrogens is 410 g/mol. The second-order valence-electron chi connectivity index (χ2n) is 7.64. The Hall–Kier alpha value is -1.93. The predicted molar refractivity (Wildman–Crippen MR) is 114 cm³/mol. The molecule has 0 atom stereocenters. The van der Waals surface area contributed by atoms with E-state index < -0.39 is 15.6 Å². The minimum atomic E-state index is -3.55. The number of nitrogens with zero attached hydrogens (tertiary/aromatic N) is 2. The second kappa shape index (κ2) is 8.44. The molecule has 0 saturated carbocycles. The van der Waals surface area contributed by atoms with E-state index in [9.17, 15) is 13.2 Å². The molecule has 156 valence electrons. The Morgan fingerprint density at radius 3 is 2.07 bits per heavy atom. The van der Waals surface area contributed by atoms with Crippen LogP contribution in [0.1, 0.15) is 17.5 Å². The van der Waals surface area contributed by atoms with E-state index in [-0.39, 0.29) is 29.8 Å². The van der Waals surface area contributed by atoms with Crippen LogP contribution in [0.25, 0.3) is 0 Å². The molecule has 29 heavy (non-hydrogen) atoms. The van der Waals surface area contributed by atoms with Gasteiger partial charge in [-0.3, -0.25) is 4.79 Å². The molecule has 2 aliphatic rings. The minimum Gasteiger partial charge on any atom is -0.340 e. The summed E-state index contributed by atoms with van der Waals surface area (Å²) in [5, 5.41) is 0. The average Bonchev–Trinajstić information content (AvgIpc) is 2.88. The van der Waals surface area contributed by atoms with Gasteiger partial charge in [-0.15, -0.1) is 12.4 Å². The maximum atomic E-state index is 13.2. The number of nitrogens with two attached hydrogens (primary N) is 1. The van der Waals surface area contributed by atoms with E-state index >= 15 is 0 Å². The number of benzene rings is 2. The lowest BCUT2D eigenvalue weighted by molar-refractivity contribution is -0.136. The summed E-state index contributed by atoms with van der Waals surface area (Å²) in [7, 11) is -3.55. The van der Waals surface area contributed by atoms with Gasteiger partial charge in [-0.05, 0) is 42.5 Å². The van der Waals surface area contributed by atoms with Crippen molar-refractivity contribution in [2.75, 3.05) is 26.2 Å². The van der Waals surface area contributed by atoms with E-state index in [2.05, 4.69) is 0 Å². The van der Waals surface area contributed by atoms with E-state index in [4.69, 9.17) is 5.73 Å². The highest BCUT2D eigenvalue weighted by molar-refractivity contribution is 7.89. The number of hydrogen-bond donors (Lipinski definition) is 1. The smallest absolute Gasteiger partial charge is 0.243 e. The Morgan fingerprint density at radius 1 is 0.862 bits per heavy atom. The lowest BCUT2D eigenvalue weighted by Crippen LogP contribution is -2.56. The van der Waals surface area contributed by atoms with Crippen LogP contribution in [-0.4, -0.2) is 55.2 Å². The first kappa shape index (κ1) is 21.8. The molecular formula is C21H26ClN3O3S. The van der Waals surface area contributed by atoms with Crippen LogP contribution in [0.3, 0.4) is 0 Å². The monoisotopic (exact) mass is 435 g/mol. The molecule has 0 bridgehead atoms. The zero-order chi connectivity index (χ0) is 19.8. The van der Waals surface area contributed by atoms with Crippen LogP contribution < -0.4 is 5.73 Å². The van der Waals surface area contributed by atoms with Crippen molar-refractivity contribution in [3.8, 4) is 0 Å². The van der Waals surface area contributed by atoms with Crippen molar-refractivity contribution in [2.24, 2.45) is 5.73 Å². The largest absolute Gasteiger partial charge is 0.340 e. The third kappa shape index (κ3) is 4.19. The van der Waals surface area contributed by atoms with Crippen molar-refractivity contribution in [3.05, 3.63) is 65.7 Å². The first-order chi connectivity index (χ1) is 13.4. The fourth-order valence-electron chi connectivity index (χ4n) is 4.19. The number of fused-ring (bicyclic) bond motifs is 1. The molecule has 2 aromatic rings. The van der Waals surface area contributed by atoms with Gasteiger partial charge in [0.2, 0.25) is 15.9 Å². The van der Waals surface area contributed by atoms with E-state index in [0.717, 1.165) is 11.1 Å². The van der Waals surface area contributed by atoms with Crippen molar-refractivity contribution in [3.63, 3.8) is 0 Å². The molecule has 2 N–H and O–H groups in total. The quantitative estimate of drug-likeness (QED) is 0.797. The highest BCUT2D eigenvalue weighted by atomic mass is 35.5. The molecule has 4 rings (SSSR count). The molecule has 2 aromatic carbocycles. The van der Waals surface area contributed by atoms with E-state index in [1.54, 1.807) is 35.2 Å². The lowest BCUT2D eigenvalue weighted by Gasteiger charge is -2.30. The van der Waals surface area contributed by atoms with Crippen LogP contribution in [0, 0.1) is 0 Å². The standard InChI is InChI=1S/C21H25N3O3S.ClH/c22-21(15-17-7-4-5-8-18(17)16-21)20(25)23-11-6-12-24(14-13-23)28(26,27)19-9-2-1-3-10-19;/h1-5,7-10H,6,11-16,22H2;1H. The minimum absolute atomic E-state index is 0. The third-order valence-corrected chi connectivity index (χ3v) is 7.59. The summed E-state index contributed by atoms with van der Waals surface area (Å²) in [5.41, 5.74) is 7.84. The van der Waals surface area contributed by atoms with Crippen molar-refractivity contribution < 1.29 is 13.2 Å². The van der Waals surface area contributed by atoms with Crippen molar-refractivity contribution in [2.45, 2.75) is 29.7 Å². The van der Waals surface area contributed by atoms with Crippen LogP contribution in [0.5, 0.6) is 0 Å². The summed E-state index contributed by atoms with van der Waals surface area (Å²) >= 11 is 0. The SMILES string of the molecule is Cl.NC1(C(=O)N2CCCN(S(=O)(=O)c3ccccc3)CC2)Cc2ccccc2C1. The molecule has 0 aromatic heterocycles. The fraction of sp³-hybridized carbons (Fsp3) is 0.381. The Morgan fingerprint density at radius 2 is 1.45 bits per heavy atom. The van der Waals surface area contributed by atoms with Gasteiger partial charge in [-0.2, -0.15) is 4.31 Å². The van der Waals surface area contributed by atoms with Gasteiger partial charge in [-0.1, -0.05) is 42.5 Å². The Labute approximate surface area is 178 Å². The number of hydrogen-bond acceptors (Lipinski definition) is 4. The molecule has 0 spiro atoms. The highest BCUT2D eigenvalue weighted by Crippen LogP contribution is 2.30. The molecule has 6 nitrogen and oxygen atoms in total. The summed E-state index contributed by atoms with van der Waals surface area (Å²) in [6, 6.07) is 16.4. The van der Waals surface area contributed by atoms with Gasteiger partial charge in [0.05, 0.1) is 4.90 Å². The molecule has 1 fully saturated rings. The van der Waals surface area contributed by atoms with Gasteiger partial charge in [-0.25, -0.2) is 8.42 Å². The molecule has 1 saturated heterocycles. The number of carbonyl (C=O) groups is 1. The maximum absolute atomic E-state index is 13.2. The highest BCUT2D eigenvalue weighted by Gasteiger charge is 2.43. The Balaban J connectivity index is 0.00000240. The number of halogens is 1. The van der Waals surface area contributed by atoms with Gasteiger partial charge in [0, 0.05) is 26.2 Å². The Bertz CT molecular complexity index is 957. The molecule has 1 aliphatic carbocycles. The Kier molecular flexibility index (Phi) is 6.33.